The van der Waals surface area contributed by atoms with Crippen LogP contribution in [0.3, 0.4) is 0 Å². The molecule has 0 saturated carbocycles. The SMILES string of the molecule is CCOC(=O)NCCCC[C@H](NC(=O)[C@H](Cc1c(C)cc(O)cc1C)NC(=O)[C@@H](CCCN=C(N)NC(=O)OCC)NC(=O)OC(C)(C)C)C(=O)N[C@@H](Cc1ccccc1)C(N)=O. The van der Waals surface area contributed by atoms with Crippen LogP contribution in [-0.2, 0) is 46.2 Å². The molecule has 4 atom stereocenters. The van der Waals surface area contributed by atoms with Crippen molar-refractivity contribution in [3.05, 3.63) is 64.7 Å². The Morgan fingerprint density at radius 1 is 0.698 bits per heavy atom. The highest BCUT2D eigenvalue weighted by atomic mass is 16.6. The Kier molecular flexibility index (Phi) is 22.2. The summed E-state index contributed by atoms with van der Waals surface area (Å²) < 4.78 is 15.1. The molecule has 0 aliphatic rings. The van der Waals surface area contributed by atoms with Gasteiger partial charge in [-0.05, 0) is 115 Å². The number of ether oxygens (including phenoxy) is 3. The van der Waals surface area contributed by atoms with E-state index in [0.29, 0.717) is 29.5 Å². The number of phenols is 1. The second-order valence-electron chi connectivity index (χ2n) is 15.6. The van der Waals surface area contributed by atoms with Gasteiger partial charge in [0.1, 0.15) is 35.5 Å². The average molecular weight is 884 g/mol. The van der Waals surface area contributed by atoms with Gasteiger partial charge in [-0.1, -0.05) is 30.3 Å². The van der Waals surface area contributed by atoms with Crippen LogP contribution in [0.25, 0.3) is 0 Å². The number of primary amides is 1. The number of amides is 7. The first-order valence-corrected chi connectivity index (χ1v) is 20.9. The standard InChI is InChI=1S/C43H65N9O11/c1-8-61-40(58)47-20-14-13-18-31(36(55)49-33(35(44)54)24-28-16-11-10-12-17-28)48-38(57)34(25-30-26(3)22-29(53)23-27(30)4)50-37(56)32(51-42(60)63-43(5,6)7)19-15-21-46-39(45)52-41(59)62-9-2/h10-12,16-17,22-23,31-34,53H,8-9,13-15,18-21,24-25H2,1-7H3,(H2,44,54)(H,47,58)(H,48,57)(H,49,55)(H,50,56)(H,51,60)(H3,45,46,52,59)/t31-,32+,33-,34-/m0/s1. The molecule has 63 heavy (non-hydrogen) atoms. The molecule has 0 aliphatic carbocycles. The predicted molar refractivity (Wildman–Crippen MR) is 234 cm³/mol. The molecule has 20 heteroatoms. The Morgan fingerprint density at radius 2 is 1.24 bits per heavy atom. The number of phenolic OH excluding ortho intramolecular Hbond substituents is 1. The Hall–Kier alpha value is -6.60. The van der Waals surface area contributed by atoms with E-state index in [2.05, 4.69) is 36.9 Å². The van der Waals surface area contributed by atoms with Crippen molar-refractivity contribution in [3.8, 4) is 5.75 Å². The lowest BCUT2D eigenvalue weighted by Crippen LogP contribution is -2.59. The summed E-state index contributed by atoms with van der Waals surface area (Å²) in [5.74, 6) is -3.30. The van der Waals surface area contributed by atoms with Gasteiger partial charge in [0.05, 0.1) is 13.2 Å². The summed E-state index contributed by atoms with van der Waals surface area (Å²) in [6.45, 7) is 12.2. The molecule has 7 amide bonds. The van der Waals surface area contributed by atoms with Crippen molar-refractivity contribution in [3.63, 3.8) is 0 Å². The lowest BCUT2D eigenvalue weighted by Gasteiger charge is -2.27. The van der Waals surface area contributed by atoms with Crippen LogP contribution in [0.1, 0.15) is 89.0 Å². The molecule has 0 heterocycles. The van der Waals surface area contributed by atoms with E-state index in [-0.39, 0.29) is 70.1 Å². The van der Waals surface area contributed by atoms with Gasteiger partial charge in [-0.15, -0.1) is 0 Å². The van der Waals surface area contributed by atoms with Crippen LogP contribution < -0.4 is 43.4 Å². The van der Waals surface area contributed by atoms with Crippen LogP contribution in [-0.4, -0.2) is 109 Å². The summed E-state index contributed by atoms with van der Waals surface area (Å²) in [5.41, 5.74) is 13.1. The molecule has 0 fully saturated rings. The second kappa shape index (κ2) is 26.7. The maximum atomic E-state index is 14.4. The zero-order chi connectivity index (χ0) is 47.1. The highest BCUT2D eigenvalue weighted by Crippen LogP contribution is 2.22. The van der Waals surface area contributed by atoms with Crippen LogP contribution in [0.5, 0.6) is 5.75 Å². The highest BCUT2D eigenvalue weighted by molar-refractivity contribution is 5.95. The molecule has 2 aromatic rings. The van der Waals surface area contributed by atoms with Crippen molar-refractivity contribution in [2.75, 3.05) is 26.3 Å². The molecule has 0 radical (unpaired) electrons. The molecular weight excluding hydrogens is 819 g/mol. The van der Waals surface area contributed by atoms with Crippen molar-refractivity contribution in [2.45, 2.75) is 123 Å². The first-order chi connectivity index (χ1) is 29.7. The molecule has 0 aromatic heterocycles. The number of benzene rings is 2. The maximum Gasteiger partial charge on any atom is 0.413 e. The fourth-order valence-electron chi connectivity index (χ4n) is 6.24. The number of guanidine groups is 1. The van der Waals surface area contributed by atoms with Crippen molar-refractivity contribution in [2.24, 2.45) is 16.5 Å². The lowest BCUT2D eigenvalue weighted by atomic mass is 9.95. The summed E-state index contributed by atoms with van der Waals surface area (Å²) in [5, 5.41) is 25.9. The van der Waals surface area contributed by atoms with Gasteiger partial charge in [-0.2, -0.15) is 0 Å². The zero-order valence-electron chi connectivity index (χ0n) is 37.3. The Labute approximate surface area is 368 Å². The molecule has 20 nitrogen and oxygen atoms in total. The van der Waals surface area contributed by atoms with Gasteiger partial charge in [-0.3, -0.25) is 29.5 Å². The van der Waals surface area contributed by atoms with Crippen LogP contribution in [0.15, 0.2) is 47.5 Å². The number of aromatic hydroxyl groups is 1. The number of nitrogens with zero attached hydrogens (tertiary/aromatic N) is 1. The molecule has 2 rings (SSSR count). The number of hydrogen-bond acceptors (Lipinski definition) is 12. The quantitative estimate of drug-likeness (QED) is 0.0337. The zero-order valence-corrected chi connectivity index (χ0v) is 37.3. The van der Waals surface area contributed by atoms with E-state index in [0.717, 1.165) is 5.56 Å². The molecule has 0 unspecified atom stereocenters. The molecule has 0 saturated heterocycles. The highest BCUT2D eigenvalue weighted by Gasteiger charge is 2.32. The molecule has 0 aliphatic heterocycles. The van der Waals surface area contributed by atoms with Gasteiger partial charge in [0.15, 0.2) is 5.96 Å². The Bertz CT molecular complexity index is 1860. The van der Waals surface area contributed by atoms with Crippen molar-refractivity contribution in [1.82, 2.24) is 31.9 Å². The second-order valence-corrected chi connectivity index (χ2v) is 15.6. The van der Waals surface area contributed by atoms with Crippen LogP contribution in [0.2, 0.25) is 0 Å². The summed E-state index contributed by atoms with van der Waals surface area (Å²) in [7, 11) is 0. The number of nitrogens with two attached hydrogens (primary N) is 2. The average Bonchev–Trinajstić information content (AvgIpc) is 3.18. The van der Waals surface area contributed by atoms with E-state index < -0.39 is 71.7 Å². The number of carbonyl (C=O) groups excluding carboxylic acids is 7. The number of aryl methyl sites for hydroxylation is 2. The fraction of sp³-hybridized carbons (Fsp3) is 0.535. The number of aliphatic imine (C=N–C) groups is 1. The third-order valence-electron chi connectivity index (χ3n) is 9.21. The smallest absolute Gasteiger partial charge is 0.413 e. The third-order valence-corrected chi connectivity index (χ3v) is 9.21. The molecule has 0 bridgehead atoms. The van der Waals surface area contributed by atoms with Gasteiger partial charge in [0.2, 0.25) is 23.6 Å². The summed E-state index contributed by atoms with van der Waals surface area (Å²) in [4.78, 5) is 95.7. The number of rotatable bonds is 23. The molecule has 0 spiro atoms. The lowest BCUT2D eigenvalue weighted by molar-refractivity contribution is -0.133. The van der Waals surface area contributed by atoms with E-state index in [1.54, 1.807) is 78.8 Å². The van der Waals surface area contributed by atoms with E-state index in [1.165, 1.54) is 12.1 Å². The number of unbranched alkanes of at least 4 members (excludes halogenated alkanes) is 1. The molecule has 11 N–H and O–H groups in total. The topological polar surface area (TPSA) is 304 Å². The maximum absolute atomic E-state index is 14.4. The largest absolute Gasteiger partial charge is 0.508 e. The Balaban J connectivity index is 2.48. The number of alkyl carbamates (subject to hydrolysis) is 3. The molecular formula is C43H65N9O11. The van der Waals surface area contributed by atoms with E-state index in [1.807, 2.05) is 0 Å². The first-order valence-electron chi connectivity index (χ1n) is 20.9. The van der Waals surface area contributed by atoms with Gasteiger partial charge in [0, 0.05) is 25.9 Å². The third kappa shape index (κ3) is 20.7. The minimum absolute atomic E-state index is 0.00477. The minimum Gasteiger partial charge on any atom is -0.508 e. The van der Waals surface area contributed by atoms with Gasteiger partial charge < -0.3 is 57.4 Å². The predicted octanol–water partition coefficient (Wildman–Crippen LogP) is 2.38. The Morgan fingerprint density at radius 3 is 1.83 bits per heavy atom. The van der Waals surface area contributed by atoms with Crippen LogP contribution >= 0.6 is 0 Å². The molecule has 348 valence electrons. The number of carbonyl (C=O) groups is 7. The first kappa shape index (κ1) is 52.5. The summed E-state index contributed by atoms with van der Waals surface area (Å²) >= 11 is 0. The van der Waals surface area contributed by atoms with Crippen molar-refractivity contribution in [1.29, 1.82) is 0 Å². The normalized spacial score (nSPS) is 13.2. The molecule has 2 aromatic carbocycles. The fourth-order valence-corrected chi connectivity index (χ4v) is 6.24. The summed E-state index contributed by atoms with van der Waals surface area (Å²) in [6.07, 6.45) is -1.42. The number of nitrogens with one attached hydrogen (secondary N) is 6. The summed E-state index contributed by atoms with van der Waals surface area (Å²) in [6, 6.07) is 6.90. The van der Waals surface area contributed by atoms with Crippen molar-refractivity contribution >= 4 is 47.9 Å². The number of hydrogen-bond donors (Lipinski definition) is 9. The van der Waals surface area contributed by atoms with Gasteiger partial charge in [0.25, 0.3) is 0 Å². The van der Waals surface area contributed by atoms with Crippen LogP contribution in [0, 0.1) is 13.8 Å². The van der Waals surface area contributed by atoms with Crippen molar-refractivity contribution < 1.29 is 52.9 Å². The monoisotopic (exact) mass is 883 g/mol. The van der Waals surface area contributed by atoms with E-state index in [4.69, 9.17) is 25.7 Å². The minimum atomic E-state index is -1.36. The van der Waals surface area contributed by atoms with Gasteiger partial charge in [-0.25, -0.2) is 14.4 Å². The van der Waals surface area contributed by atoms with E-state index >= 15 is 0 Å². The van der Waals surface area contributed by atoms with Crippen LogP contribution in [0.4, 0.5) is 14.4 Å². The van der Waals surface area contributed by atoms with E-state index in [9.17, 15) is 38.7 Å². The van der Waals surface area contributed by atoms with Gasteiger partial charge >= 0.3 is 18.3 Å².